The number of rotatable bonds is 4. The molecule has 2 aromatic carbocycles. The molecule has 1 aromatic heterocycles. The lowest BCUT2D eigenvalue weighted by atomic mass is 9.94. The van der Waals surface area contributed by atoms with Gasteiger partial charge in [0.1, 0.15) is 23.1 Å². The average molecular weight is 479 g/mol. The van der Waals surface area contributed by atoms with Gasteiger partial charge >= 0.3 is 0 Å². The van der Waals surface area contributed by atoms with E-state index in [2.05, 4.69) is 10.3 Å². The fourth-order valence-electron chi connectivity index (χ4n) is 4.78. The summed E-state index contributed by atoms with van der Waals surface area (Å²) in [5, 5.41) is 2.83. The second-order valence-corrected chi connectivity index (χ2v) is 9.42. The third-order valence-corrected chi connectivity index (χ3v) is 6.76. The van der Waals surface area contributed by atoms with Gasteiger partial charge in [-0.05, 0) is 53.3 Å². The van der Waals surface area contributed by atoms with Crippen LogP contribution in [0.15, 0.2) is 42.6 Å². The number of benzene rings is 2. The van der Waals surface area contributed by atoms with Crippen LogP contribution in [0, 0.1) is 17.6 Å². The Bertz CT molecular complexity index is 1270. The molecular formula is C27H28F2N4O2. The fraction of sp³-hybridized carbons (Fsp3) is 0.333. The van der Waals surface area contributed by atoms with Crippen molar-refractivity contribution in [2.24, 2.45) is 5.92 Å². The minimum absolute atomic E-state index is 0.0284. The first-order valence-corrected chi connectivity index (χ1v) is 11.8. The third kappa shape index (κ3) is 4.46. The van der Waals surface area contributed by atoms with Gasteiger partial charge in [0.2, 0.25) is 0 Å². The number of fused-ring (bicyclic) bond motifs is 1. The molecule has 182 valence electrons. The molecule has 3 heterocycles. The Morgan fingerprint density at radius 1 is 1.09 bits per heavy atom. The number of hydrogen-bond donors (Lipinski definition) is 2. The predicted octanol–water partition coefficient (Wildman–Crippen LogP) is 4.42. The molecule has 1 fully saturated rings. The first-order valence-electron chi connectivity index (χ1n) is 11.8. The normalized spacial score (nSPS) is 17.9. The highest BCUT2D eigenvalue weighted by atomic mass is 19.1. The predicted molar refractivity (Wildman–Crippen MR) is 132 cm³/mol. The second kappa shape index (κ2) is 9.26. The van der Waals surface area contributed by atoms with Crippen LogP contribution in [0.4, 0.5) is 20.3 Å². The summed E-state index contributed by atoms with van der Waals surface area (Å²) in [5.41, 5.74) is 10.1. The number of nitrogens with one attached hydrogen (secondary N) is 1. The van der Waals surface area contributed by atoms with Crippen molar-refractivity contribution in [3.8, 4) is 22.3 Å². The van der Waals surface area contributed by atoms with E-state index < -0.39 is 11.6 Å². The summed E-state index contributed by atoms with van der Waals surface area (Å²) in [6, 6.07) is 9.98. The highest BCUT2D eigenvalue weighted by molar-refractivity contribution is 5.97. The molecule has 2 aliphatic rings. The van der Waals surface area contributed by atoms with E-state index in [0.717, 1.165) is 17.5 Å². The number of anilines is 2. The molecule has 3 N–H and O–H groups in total. The molecule has 5 rings (SSSR count). The number of hydrogen-bond acceptors (Lipinski definition) is 5. The van der Waals surface area contributed by atoms with Crippen molar-refractivity contribution in [3.63, 3.8) is 0 Å². The Hall–Kier alpha value is -3.52. The Morgan fingerprint density at radius 3 is 2.60 bits per heavy atom. The molecule has 1 atom stereocenters. The van der Waals surface area contributed by atoms with Crippen LogP contribution in [0.3, 0.4) is 0 Å². The van der Waals surface area contributed by atoms with Crippen molar-refractivity contribution in [2.45, 2.75) is 26.4 Å². The summed E-state index contributed by atoms with van der Waals surface area (Å²) in [6.45, 7) is 5.95. The van der Waals surface area contributed by atoms with Crippen LogP contribution >= 0.6 is 0 Å². The number of pyridine rings is 1. The van der Waals surface area contributed by atoms with Crippen LogP contribution in [-0.4, -0.2) is 43.2 Å². The largest absolute Gasteiger partial charge is 0.383 e. The molecule has 8 heteroatoms. The van der Waals surface area contributed by atoms with Crippen molar-refractivity contribution in [2.75, 3.05) is 36.9 Å². The first-order chi connectivity index (χ1) is 16.8. The number of nitrogen functional groups attached to an aromatic ring is 1. The highest BCUT2D eigenvalue weighted by Crippen LogP contribution is 2.35. The summed E-state index contributed by atoms with van der Waals surface area (Å²) < 4.78 is 36.2. The lowest BCUT2D eigenvalue weighted by Crippen LogP contribution is -2.45. The monoisotopic (exact) mass is 478 g/mol. The molecule has 0 saturated carbocycles. The summed E-state index contributed by atoms with van der Waals surface area (Å²) in [4.78, 5) is 18.1. The van der Waals surface area contributed by atoms with Crippen LogP contribution in [0.1, 0.15) is 29.8 Å². The molecule has 1 amide bonds. The summed E-state index contributed by atoms with van der Waals surface area (Å²) in [5.74, 6) is -0.783. The van der Waals surface area contributed by atoms with Crippen molar-refractivity contribution in [1.82, 2.24) is 10.3 Å². The van der Waals surface area contributed by atoms with E-state index in [-0.39, 0.29) is 23.6 Å². The van der Waals surface area contributed by atoms with Gasteiger partial charge in [0.25, 0.3) is 5.91 Å². The molecule has 1 saturated heterocycles. The lowest BCUT2D eigenvalue weighted by Gasteiger charge is -2.36. The van der Waals surface area contributed by atoms with Crippen molar-refractivity contribution in [3.05, 3.63) is 65.4 Å². The van der Waals surface area contributed by atoms with Gasteiger partial charge in [-0.3, -0.25) is 4.79 Å². The molecule has 3 aromatic rings. The Morgan fingerprint density at radius 2 is 1.86 bits per heavy atom. The molecule has 0 aliphatic carbocycles. The van der Waals surface area contributed by atoms with E-state index in [9.17, 15) is 4.79 Å². The number of aromatic nitrogens is 1. The van der Waals surface area contributed by atoms with Gasteiger partial charge in [0, 0.05) is 42.5 Å². The van der Waals surface area contributed by atoms with Crippen molar-refractivity contribution in [1.29, 1.82) is 0 Å². The smallest absolute Gasteiger partial charge is 0.251 e. The Labute approximate surface area is 203 Å². The average Bonchev–Trinajstić information content (AvgIpc) is 2.84. The van der Waals surface area contributed by atoms with Gasteiger partial charge in [-0.15, -0.1) is 0 Å². The molecule has 6 nitrogen and oxygen atoms in total. The maximum atomic E-state index is 15.2. The number of nitrogens with zero attached hydrogens (tertiary/aromatic N) is 2. The maximum absolute atomic E-state index is 15.2. The Balaban J connectivity index is 1.49. The number of morpholine rings is 1. The van der Waals surface area contributed by atoms with Crippen LogP contribution in [0.5, 0.6) is 0 Å². The van der Waals surface area contributed by atoms with Gasteiger partial charge in [-0.1, -0.05) is 26.0 Å². The minimum Gasteiger partial charge on any atom is -0.383 e. The quantitative estimate of drug-likeness (QED) is 0.580. The van der Waals surface area contributed by atoms with E-state index in [0.29, 0.717) is 54.3 Å². The lowest BCUT2D eigenvalue weighted by molar-refractivity contribution is 0.0110. The molecule has 0 radical (unpaired) electrons. The van der Waals surface area contributed by atoms with Crippen LogP contribution in [0.2, 0.25) is 0 Å². The Kier molecular flexibility index (Phi) is 6.15. The maximum Gasteiger partial charge on any atom is 0.251 e. The first kappa shape index (κ1) is 23.2. The van der Waals surface area contributed by atoms with Crippen LogP contribution in [-0.2, 0) is 11.2 Å². The van der Waals surface area contributed by atoms with E-state index in [4.69, 9.17) is 10.5 Å². The summed E-state index contributed by atoms with van der Waals surface area (Å²) in [7, 11) is 0. The fourth-order valence-corrected chi connectivity index (χ4v) is 4.78. The zero-order chi connectivity index (χ0) is 24.7. The van der Waals surface area contributed by atoms with Crippen LogP contribution < -0.4 is 16.0 Å². The molecule has 2 aliphatic heterocycles. The van der Waals surface area contributed by atoms with Gasteiger partial charge in [-0.2, -0.15) is 0 Å². The SMILES string of the molecule is CC(C)C1CN(c2c(F)cc(-c3cnc(N)c(-c4ccc5c(c4)CCNC5=O)c3)cc2F)CCO1. The number of ether oxygens (including phenoxy) is 1. The van der Waals surface area contributed by atoms with Gasteiger partial charge in [0.15, 0.2) is 0 Å². The second-order valence-electron chi connectivity index (χ2n) is 9.42. The van der Waals surface area contributed by atoms with E-state index in [1.807, 2.05) is 26.0 Å². The topological polar surface area (TPSA) is 80.5 Å². The third-order valence-electron chi connectivity index (χ3n) is 6.76. The van der Waals surface area contributed by atoms with E-state index in [1.54, 1.807) is 17.0 Å². The highest BCUT2D eigenvalue weighted by Gasteiger charge is 2.27. The van der Waals surface area contributed by atoms with Gasteiger partial charge in [-0.25, -0.2) is 13.8 Å². The number of carbonyl (C=O) groups is 1. The molecule has 0 bridgehead atoms. The van der Waals surface area contributed by atoms with Crippen molar-refractivity contribution >= 4 is 17.4 Å². The van der Waals surface area contributed by atoms with Gasteiger partial charge in [0.05, 0.1) is 12.7 Å². The van der Waals surface area contributed by atoms with Gasteiger partial charge < -0.3 is 20.7 Å². The molecular weight excluding hydrogens is 450 g/mol. The molecule has 0 spiro atoms. The molecule has 35 heavy (non-hydrogen) atoms. The standard InChI is InChI=1S/C27H28F2N4O2/c1-15(2)24-14-33(7-8-35-24)25-22(28)11-18(12-23(25)29)19-10-21(26(30)32-13-19)16-3-4-20-17(9-16)5-6-31-27(20)34/h3-4,9-13,15,24H,5-8,14H2,1-2H3,(H2,30,32)(H,31,34). The van der Waals surface area contributed by atoms with Crippen LogP contribution in [0.25, 0.3) is 22.3 Å². The minimum atomic E-state index is -0.623. The zero-order valence-corrected chi connectivity index (χ0v) is 19.8. The van der Waals surface area contributed by atoms with E-state index >= 15 is 8.78 Å². The zero-order valence-electron chi connectivity index (χ0n) is 19.8. The summed E-state index contributed by atoms with van der Waals surface area (Å²) in [6.07, 6.45) is 2.16. The number of nitrogens with two attached hydrogens (primary N) is 1. The number of carbonyl (C=O) groups excluding carboxylic acids is 1. The molecule has 1 unspecified atom stereocenters. The number of amides is 1. The van der Waals surface area contributed by atoms with Crippen molar-refractivity contribution < 1.29 is 18.3 Å². The van der Waals surface area contributed by atoms with E-state index in [1.165, 1.54) is 18.3 Å². The number of halogens is 2. The summed E-state index contributed by atoms with van der Waals surface area (Å²) >= 11 is 0.